The summed E-state index contributed by atoms with van der Waals surface area (Å²) in [6, 6.07) is 3.13. The Morgan fingerprint density at radius 3 is 2.94 bits per heavy atom. The number of aromatic amines is 1. The minimum atomic E-state index is -0.468. The molecule has 0 atom stereocenters. The highest BCUT2D eigenvalue weighted by molar-refractivity contribution is 6.02. The Morgan fingerprint density at radius 1 is 1.38 bits per heavy atom. The highest BCUT2D eigenvalue weighted by Crippen LogP contribution is 1.99. The molecule has 0 aromatic carbocycles. The van der Waals surface area contributed by atoms with E-state index in [0.717, 1.165) is 0 Å². The molecule has 0 spiro atoms. The Morgan fingerprint density at radius 2 is 2.25 bits per heavy atom. The van der Waals surface area contributed by atoms with E-state index in [2.05, 4.69) is 20.3 Å². The Bertz CT molecular complexity index is 550. The second-order valence-electron chi connectivity index (χ2n) is 2.96. The van der Waals surface area contributed by atoms with Crippen LogP contribution < -0.4 is 10.9 Å². The summed E-state index contributed by atoms with van der Waals surface area (Å²) in [6.45, 7) is 0. The van der Waals surface area contributed by atoms with Crippen LogP contribution in [0, 0.1) is 0 Å². The number of hydrogen-bond acceptors (Lipinski definition) is 4. The normalized spacial score (nSPS) is 9.75. The number of carbonyl (C=O) groups excluding carboxylic acids is 1. The highest BCUT2D eigenvalue weighted by Gasteiger charge is 2.08. The topological polar surface area (TPSA) is 87.7 Å². The van der Waals surface area contributed by atoms with Gasteiger partial charge in [0.05, 0.1) is 6.20 Å². The minimum Gasteiger partial charge on any atom is -0.327 e. The van der Waals surface area contributed by atoms with Crippen molar-refractivity contribution in [2.75, 3.05) is 5.32 Å². The Balaban J connectivity index is 2.21. The van der Waals surface area contributed by atoms with Crippen molar-refractivity contribution >= 4 is 11.6 Å². The Hall–Kier alpha value is -2.50. The van der Waals surface area contributed by atoms with E-state index < -0.39 is 5.91 Å². The van der Waals surface area contributed by atoms with E-state index in [1.54, 1.807) is 6.07 Å². The van der Waals surface area contributed by atoms with Crippen molar-refractivity contribution in [1.82, 2.24) is 15.0 Å². The van der Waals surface area contributed by atoms with Gasteiger partial charge in [0.1, 0.15) is 11.4 Å². The number of rotatable bonds is 2. The molecule has 0 unspecified atom stereocenters. The second kappa shape index (κ2) is 4.35. The first kappa shape index (κ1) is 10.0. The Kier molecular flexibility index (Phi) is 2.73. The van der Waals surface area contributed by atoms with Crippen LogP contribution >= 0.6 is 0 Å². The first-order valence-corrected chi connectivity index (χ1v) is 4.52. The van der Waals surface area contributed by atoms with Crippen LogP contribution in [-0.2, 0) is 0 Å². The van der Waals surface area contributed by atoms with Gasteiger partial charge in [0.15, 0.2) is 0 Å². The van der Waals surface area contributed by atoms with Crippen molar-refractivity contribution in [1.29, 1.82) is 0 Å². The minimum absolute atomic E-state index is 0.158. The molecule has 0 bridgehead atoms. The molecule has 0 aliphatic rings. The maximum absolute atomic E-state index is 11.6. The lowest BCUT2D eigenvalue weighted by Crippen LogP contribution is -2.20. The summed E-state index contributed by atoms with van der Waals surface area (Å²) in [5, 5.41) is 2.44. The summed E-state index contributed by atoms with van der Waals surface area (Å²) < 4.78 is 0. The van der Waals surface area contributed by atoms with E-state index in [0.29, 0.717) is 0 Å². The number of nitrogens with one attached hydrogen (secondary N) is 2. The fraction of sp³-hybridized carbons (Fsp3) is 0. The van der Waals surface area contributed by atoms with Crippen LogP contribution in [0.5, 0.6) is 0 Å². The number of carbonyl (C=O) groups is 1. The molecule has 1 amide bonds. The third kappa shape index (κ3) is 2.11. The molecule has 0 saturated heterocycles. The molecule has 2 aromatic heterocycles. The summed E-state index contributed by atoms with van der Waals surface area (Å²) in [7, 11) is 0. The van der Waals surface area contributed by atoms with Crippen molar-refractivity contribution < 1.29 is 4.79 Å². The molecule has 6 heteroatoms. The standard InChI is InChI=1S/C10H8N4O2/c15-9-7(2-1-3-13-9)14-10(16)8-6-11-4-5-12-8/h1-6H,(H,13,15)(H,14,16). The molecule has 2 aromatic rings. The zero-order chi connectivity index (χ0) is 11.4. The van der Waals surface area contributed by atoms with Gasteiger partial charge in [-0.2, -0.15) is 0 Å². The van der Waals surface area contributed by atoms with Gasteiger partial charge >= 0.3 is 0 Å². The molecule has 16 heavy (non-hydrogen) atoms. The number of aromatic nitrogens is 3. The van der Waals surface area contributed by atoms with Crippen LogP contribution in [0.25, 0.3) is 0 Å². The van der Waals surface area contributed by atoms with Crippen LogP contribution in [0.15, 0.2) is 41.7 Å². The van der Waals surface area contributed by atoms with Gasteiger partial charge < -0.3 is 10.3 Å². The van der Waals surface area contributed by atoms with Crippen LogP contribution in [0.1, 0.15) is 10.5 Å². The molecule has 2 rings (SSSR count). The molecule has 0 saturated carbocycles. The molecule has 2 N–H and O–H groups in total. The van der Waals surface area contributed by atoms with E-state index in [1.807, 2.05) is 0 Å². The monoisotopic (exact) mass is 216 g/mol. The second-order valence-corrected chi connectivity index (χ2v) is 2.96. The molecular formula is C10H8N4O2. The molecular weight excluding hydrogens is 208 g/mol. The third-order valence-corrected chi connectivity index (χ3v) is 1.86. The van der Waals surface area contributed by atoms with Crippen molar-refractivity contribution in [3.63, 3.8) is 0 Å². The van der Waals surface area contributed by atoms with Gasteiger partial charge in [0.25, 0.3) is 11.5 Å². The van der Waals surface area contributed by atoms with Crippen LogP contribution in [0.4, 0.5) is 5.69 Å². The molecule has 0 fully saturated rings. The number of anilines is 1. The molecule has 2 heterocycles. The zero-order valence-corrected chi connectivity index (χ0v) is 8.18. The average molecular weight is 216 g/mol. The fourth-order valence-electron chi connectivity index (χ4n) is 1.12. The summed E-state index contributed by atoms with van der Waals surface area (Å²) in [5.74, 6) is -0.468. The SMILES string of the molecule is O=C(Nc1ccc[nH]c1=O)c1cnccn1. The number of H-pyrrole nitrogens is 1. The molecule has 0 radical (unpaired) electrons. The average Bonchev–Trinajstić information content (AvgIpc) is 2.33. The van der Waals surface area contributed by atoms with Gasteiger partial charge in [0, 0.05) is 18.6 Å². The van der Waals surface area contributed by atoms with E-state index in [1.165, 1.54) is 30.9 Å². The predicted molar refractivity (Wildman–Crippen MR) is 57.0 cm³/mol. The van der Waals surface area contributed by atoms with Gasteiger partial charge in [-0.05, 0) is 12.1 Å². The van der Waals surface area contributed by atoms with Gasteiger partial charge in [0.2, 0.25) is 0 Å². The quantitative estimate of drug-likeness (QED) is 0.761. The van der Waals surface area contributed by atoms with Gasteiger partial charge in [-0.3, -0.25) is 14.6 Å². The smallest absolute Gasteiger partial charge is 0.276 e. The van der Waals surface area contributed by atoms with Crippen molar-refractivity contribution in [2.24, 2.45) is 0 Å². The largest absolute Gasteiger partial charge is 0.327 e. The summed E-state index contributed by atoms with van der Waals surface area (Å²) >= 11 is 0. The van der Waals surface area contributed by atoms with Gasteiger partial charge in [-0.1, -0.05) is 0 Å². The van der Waals surface area contributed by atoms with E-state index in [-0.39, 0.29) is 16.9 Å². The first-order chi connectivity index (χ1) is 7.77. The first-order valence-electron chi connectivity index (χ1n) is 4.52. The number of hydrogen-bond donors (Lipinski definition) is 2. The van der Waals surface area contributed by atoms with Crippen molar-refractivity contribution in [3.8, 4) is 0 Å². The number of nitrogens with zero attached hydrogens (tertiary/aromatic N) is 2. The molecule has 0 aliphatic heterocycles. The lowest BCUT2D eigenvalue weighted by atomic mass is 10.3. The van der Waals surface area contributed by atoms with Gasteiger partial charge in [-0.15, -0.1) is 0 Å². The molecule has 80 valence electrons. The lowest BCUT2D eigenvalue weighted by molar-refractivity contribution is 0.102. The summed E-state index contributed by atoms with van der Waals surface area (Å²) in [4.78, 5) is 32.9. The van der Waals surface area contributed by atoms with Crippen LogP contribution in [0.2, 0.25) is 0 Å². The third-order valence-electron chi connectivity index (χ3n) is 1.86. The predicted octanol–water partition coefficient (Wildman–Crippen LogP) is 0.417. The lowest BCUT2D eigenvalue weighted by Gasteiger charge is -2.01. The zero-order valence-electron chi connectivity index (χ0n) is 8.18. The molecule has 6 nitrogen and oxygen atoms in total. The summed E-state index contributed by atoms with van der Waals surface area (Å²) in [5.41, 5.74) is -0.0244. The van der Waals surface area contributed by atoms with Crippen molar-refractivity contribution in [2.45, 2.75) is 0 Å². The molecule has 0 aliphatic carbocycles. The number of amides is 1. The summed E-state index contributed by atoms with van der Waals surface area (Å²) in [6.07, 6.45) is 5.68. The van der Waals surface area contributed by atoms with E-state index >= 15 is 0 Å². The fourth-order valence-corrected chi connectivity index (χ4v) is 1.12. The maximum atomic E-state index is 11.6. The number of pyridine rings is 1. The van der Waals surface area contributed by atoms with E-state index in [9.17, 15) is 9.59 Å². The van der Waals surface area contributed by atoms with Crippen molar-refractivity contribution in [3.05, 3.63) is 53.0 Å². The van der Waals surface area contributed by atoms with Gasteiger partial charge in [-0.25, -0.2) is 4.98 Å². The van der Waals surface area contributed by atoms with E-state index in [4.69, 9.17) is 0 Å². The van der Waals surface area contributed by atoms with Crippen LogP contribution in [0.3, 0.4) is 0 Å². The maximum Gasteiger partial charge on any atom is 0.276 e. The highest BCUT2D eigenvalue weighted by atomic mass is 16.2. The van der Waals surface area contributed by atoms with Crippen LogP contribution in [-0.4, -0.2) is 20.9 Å². The Labute approximate surface area is 90.4 Å².